The molecule has 0 saturated carbocycles. The Balaban J connectivity index is 0.00000121. The predicted molar refractivity (Wildman–Crippen MR) is 94.4 cm³/mol. The molecular weight excluding hydrogens is 323 g/mol. The van der Waals surface area contributed by atoms with Gasteiger partial charge in [-0.3, -0.25) is 4.98 Å². The number of halogens is 2. The number of anilines is 1. The molecule has 0 aliphatic carbocycles. The van der Waals surface area contributed by atoms with E-state index in [0.717, 1.165) is 41.8 Å². The molecule has 1 fully saturated rings. The van der Waals surface area contributed by atoms with Crippen LogP contribution in [0.3, 0.4) is 0 Å². The Hall–Kier alpha value is -1.56. The standard InChI is InChI=1S/C15H18N4O.2ClH/c1-10-8-14(12-4-2-3-5-13(12)17-10)19-15(20)18-11-6-7-16-9-11;;/h2-5,8,11,16H,6-7,9H2,1H3,(H2,17,18,19,20);2*1H. The fourth-order valence-corrected chi connectivity index (χ4v) is 2.53. The van der Waals surface area contributed by atoms with Crippen molar-refractivity contribution < 1.29 is 4.79 Å². The first-order chi connectivity index (χ1) is 9.72. The van der Waals surface area contributed by atoms with Crippen LogP contribution in [0.4, 0.5) is 10.5 Å². The van der Waals surface area contributed by atoms with Gasteiger partial charge >= 0.3 is 6.03 Å². The Morgan fingerprint density at radius 3 is 2.82 bits per heavy atom. The van der Waals surface area contributed by atoms with Crippen LogP contribution >= 0.6 is 24.8 Å². The van der Waals surface area contributed by atoms with Gasteiger partial charge in [0.15, 0.2) is 0 Å². The molecule has 1 aliphatic rings. The number of carbonyl (C=O) groups is 1. The Morgan fingerprint density at radius 2 is 2.09 bits per heavy atom. The highest BCUT2D eigenvalue weighted by atomic mass is 35.5. The van der Waals surface area contributed by atoms with Crippen molar-refractivity contribution in [3.05, 3.63) is 36.0 Å². The molecule has 2 amide bonds. The van der Waals surface area contributed by atoms with Gasteiger partial charge in [-0.2, -0.15) is 0 Å². The average molecular weight is 343 g/mol. The van der Waals surface area contributed by atoms with Crippen LogP contribution in [0.1, 0.15) is 12.1 Å². The summed E-state index contributed by atoms with van der Waals surface area (Å²) in [7, 11) is 0. The first kappa shape index (κ1) is 18.5. The highest BCUT2D eigenvalue weighted by molar-refractivity contribution is 6.00. The van der Waals surface area contributed by atoms with Gasteiger partial charge in [-0.05, 0) is 32.0 Å². The predicted octanol–water partition coefficient (Wildman–Crippen LogP) is 2.87. The third-order valence-electron chi connectivity index (χ3n) is 3.49. The number of hydrogen-bond acceptors (Lipinski definition) is 3. The van der Waals surface area contributed by atoms with Crippen molar-refractivity contribution >= 4 is 47.4 Å². The normalized spacial score (nSPS) is 16.5. The second-order valence-electron chi connectivity index (χ2n) is 5.12. The van der Waals surface area contributed by atoms with Crippen molar-refractivity contribution in [3.63, 3.8) is 0 Å². The van der Waals surface area contributed by atoms with Crippen LogP contribution in [-0.4, -0.2) is 30.1 Å². The van der Waals surface area contributed by atoms with Crippen LogP contribution in [-0.2, 0) is 0 Å². The van der Waals surface area contributed by atoms with Crippen molar-refractivity contribution in [2.24, 2.45) is 0 Å². The second kappa shape index (κ2) is 8.17. The Morgan fingerprint density at radius 1 is 1.32 bits per heavy atom. The number of fused-ring (bicyclic) bond motifs is 1. The fourth-order valence-electron chi connectivity index (χ4n) is 2.53. The van der Waals surface area contributed by atoms with Gasteiger partial charge in [-0.25, -0.2) is 4.79 Å². The van der Waals surface area contributed by atoms with E-state index in [4.69, 9.17) is 0 Å². The molecule has 0 radical (unpaired) electrons. The number of aryl methyl sites for hydroxylation is 1. The molecule has 1 aliphatic heterocycles. The average Bonchev–Trinajstić information content (AvgIpc) is 2.91. The summed E-state index contributed by atoms with van der Waals surface area (Å²) in [5.74, 6) is 0. The number of urea groups is 1. The largest absolute Gasteiger partial charge is 0.334 e. The number of rotatable bonds is 2. The molecule has 5 nitrogen and oxygen atoms in total. The first-order valence-electron chi connectivity index (χ1n) is 6.87. The van der Waals surface area contributed by atoms with Crippen LogP contribution in [0.5, 0.6) is 0 Å². The monoisotopic (exact) mass is 342 g/mol. The van der Waals surface area contributed by atoms with E-state index >= 15 is 0 Å². The number of para-hydroxylation sites is 1. The van der Waals surface area contributed by atoms with Gasteiger partial charge in [0.25, 0.3) is 0 Å². The van der Waals surface area contributed by atoms with Crippen LogP contribution < -0.4 is 16.0 Å². The van der Waals surface area contributed by atoms with E-state index in [2.05, 4.69) is 20.9 Å². The van der Waals surface area contributed by atoms with Crippen LogP contribution in [0.2, 0.25) is 0 Å². The number of benzene rings is 1. The third kappa shape index (κ3) is 4.22. The van der Waals surface area contributed by atoms with Gasteiger partial charge in [-0.15, -0.1) is 24.8 Å². The van der Waals surface area contributed by atoms with Gasteiger partial charge < -0.3 is 16.0 Å². The maximum absolute atomic E-state index is 12.1. The van der Waals surface area contributed by atoms with E-state index in [9.17, 15) is 4.79 Å². The number of aromatic nitrogens is 1. The molecule has 1 aromatic heterocycles. The number of amides is 2. The van der Waals surface area contributed by atoms with E-state index in [-0.39, 0.29) is 36.9 Å². The molecule has 1 atom stereocenters. The maximum Gasteiger partial charge on any atom is 0.319 e. The molecule has 2 heterocycles. The SMILES string of the molecule is Cc1cc(NC(=O)NC2CCNC2)c2ccccc2n1.Cl.Cl. The molecule has 0 bridgehead atoms. The van der Waals surface area contributed by atoms with E-state index in [1.54, 1.807) is 0 Å². The van der Waals surface area contributed by atoms with Crippen molar-refractivity contribution in [2.45, 2.75) is 19.4 Å². The summed E-state index contributed by atoms with van der Waals surface area (Å²) in [4.78, 5) is 16.5. The minimum atomic E-state index is -0.158. The maximum atomic E-state index is 12.1. The number of nitrogens with one attached hydrogen (secondary N) is 3. The molecule has 1 aromatic carbocycles. The molecule has 3 rings (SSSR count). The minimum absolute atomic E-state index is 0. The van der Waals surface area contributed by atoms with E-state index in [0.29, 0.717) is 0 Å². The van der Waals surface area contributed by atoms with Gasteiger partial charge in [0.1, 0.15) is 0 Å². The summed E-state index contributed by atoms with van der Waals surface area (Å²) >= 11 is 0. The summed E-state index contributed by atoms with van der Waals surface area (Å²) in [5, 5.41) is 10.1. The van der Waals surface area contributed by atoms with E-state index in [1.807, 2.05) is 37.3 Å². The smallest absolute Gasteiger partial charge is 0.319 e. The van der Waals surface area contributed by atoms with Gasteiger partial charge in [0, 0.05) is 23.7 Å². The van der Waals surface area contributed by atoms with Crippen molar-refractivity contribution in [2.75, 3.05) is 18.4 Å². The summed E-state index contributed by atoms with van der Waals surface area (Å²) < 4.78 is 0. The molecule has 120 valence electrons. The molecule has 2 aromatic rings. The van der Waals surface area contributed by atoms with Crippen LogP contribution in [0.15, 0.2) is 30.3 Å². The van der Waals surface area contributed by atoms with E-state index in [1.165, 1.54) is 0 Å². The lowest BCUT2D eigenvalue weighted by Crippen LogP contribution is -2.39. The highest BCUT2D eigenvalue weighted by Gasteiger charge is 2.17. The quantitative estimate of drug-likeness (QED) is 0.786. The highest BCUT2D eigenvalue weighted by Crippen LogP contribution is 2.22. The zero-order valence-corrected chi connectivity index (χ0v) is 13.9. The zero-order chi connectivity index (χ0) is 13.9. The van der Waals surface area contributed by atoms with E-state index < -0.39 is 0 Å². The molecule has 0 spiro atoms. The summed E-state index contributed by atoms with van der Waals surface area (Å²) in [6, 6.07) is 9.76. The number of carbonyl (C=O) groups excluding carboxylic acids is 1. The summed E-state index contributed by atoms with van der Waals surface area (Å²) in [6.07, 6.45) is 0.976. The topological polar surface area (TPSA) is 66.1 Å². The third-order valence-corrected chi connectivity index (χ3v) is 3.49. The fraction of sp³-hybridized carbons (Fsp3) is 0.333. The van der Waals surface area contributed by atoms with Crippen LogP contribution in [0, 0.1) is 6.92 Å². The zero-order valence-electron chi connectivity index (χ0n) is 12.3. The summed E-state index contributed by atoms with van der Waals surface area (Å²) in [5.41, 5.74) is 2.59. The van der Waals surface area contributed by atoms with Crippen molar-refractivity contribution in [1.29, 1.82) is 0 Å². The molecule has 1 unspecified atom stereocenters. The number of hydrogen-bond donors (Lipinski definition) is 3. The lowest BCUT2D eigenvalue weighted by atomic mass is 10.1. The Kier molecular flexibility index (Phi) is 6.87. The number of pyridine rings is 1. The first-order valence-corrected chi connectivity index (χ1v) is 6.87. The molecular formula is C15H20Cl2N4O. The molecule has 1 saturated heterocycles. The lowest BCUT2D eigenvalue weighted by molar-refractivity contribution is 0.249. The van der Waals surface area contributed by atoms with Gasteiger partial charge in [-0.1, -0.05) is 18.2 Å². The van der Waals surface area contributed by atoms with Crippen molar-refractivity contribution in [1.82, 2.24) is 15.6 Å². The molecule has 7 heteroatoms. The summed E-state index contributed by atoms with van der Waals surface area (Å²) in [6.45, 7) is 3.72. The number of nitrogens with zero attached hydrogens (tertiary/aromatic N) is 1. The molecule has 22 heavy (non-hydrogen) atoms. The minimum Gasteiger partial charge on any atom is -0.334 e. The Labute approximate surface area is 142 Å². The lowest BCUT2D eigenvalue weighted by Gasteiger charge is -2.14. The van der Waals surface area contributed by atoms with Crippen LogP contribution in [0.25, 0.3) is 10.9 Å². The Bertz CT molecular complexity index is 644. The van der Waals surface area contributed by atoms with Gasteiger partial charge in [0.2, 0.25) is 0 Å². The molecule has 3 N–H and O–H groups in total. The van der Waals surface area contributed by atoms with Crippen molar-refractivity contribution in [3.8, 4) is 0 Å². The second-order valence-corrected chi connectivity index (χ2v) is 5.12. The van der Waals surface area contributed by atoms with Gasteiger partial charge in [0.05, 0.1) is 11.2 Å².